The second-order valence-corrected chi connectivity index (χ2v) is 3.83. The fraction of sp³-hybridized carbons (Fsp3) is 0.556. The first-order valence-electron chi connectivity index (χ1n) is 4.77. The lowest BCUT2D eigenvalue weighted by atomic mass is 10.4. The Morgan fingerprint density at radius 2 is 2.27 bits per heavy atom. The number of hydrogen-bond acceptors (Lipinski definition) is 5. The van der Waals surface area contributed by atoms with Crippen LogP contribution in [0.25, 0.3) is 0 Å². The van der Waals surface area contributed by atoms with Gasteiger partial charge in [0.1, 0.15) is 22.4 Å². The molecule has 0 bridgehead atoms. The van der Waals surface area contributed by atoms with Crippen molar-refractivity contribution in [3.05, 3.63) is 10.8 Å². The van der Waals surface area contributed by atoms with Gasteiger partial charge in [-0.15, -0.1) is 0 Å². The van der Waals surface area contributed by atoms with Crippen molar-refractivity contribution < 1.29 is 5.11 Å². The summed E-state index contributed by atoms with van der Waals surface area (Å²) in [5.74, 6) is 1.54. The van der Waals surface area contributed by atoms with Crippen LogP contribution in [0.5, 0.6) is 0 Å². The lowest BCUT2D eigenvalue weighted by Gasteiger charge is -2.19. The highest BCUT2D eigenvalue weighted by Gasteiger charge is 2.11. The summed E-state index contributed by atoms with van der Waals surface area (Å²) in [7, 11) is 1.87. The molecule has 0 saturated heterocycles. The molecule has 1 rings (SSSR count). The maximum atomic E-state index is 8.85. The second-order valence-electron chi connectivity index (χ2n) is 3.04. The van der Waals surface area contributed by atoms with Crippen LogP contribution in [0.1, 0.15) is 6.92 Å². The van der Waals surface area contributed by atoms with Crippen molar-refractivity contribution in [2.75, 3.05) is 37.0 Å². The Morgan fingerprint density at radius 1 is 1.53 bits per heavy atom. The molecule has 15 heavy (non-hydrogen) atoms. The topological polar surface area (TPSA) is 61.3 Å². The zero-order valence-electron chi connectivity index (χ0n) is 8.87. The quantitative estimate of drug-likeness (QED) is 0.842. The lowest BCUT2D eigenvalue weighted by Crippen LogP contribution is -2.23. The third kappa shape index (κ3) is 3.04. The van der Waals surface area contributed by atoms with E-state index in [-0.39, 0.29) is 6.61 Å². The van der Waals surface area contributed by atoms with E-state index in [1.807, 2.05) is 18.9 Å². The third-order valence-corrected chi connectivity index (χ3v) is 2.64. The van der Waals surface area contributed by atoms with Gasteiger partial charge in [0.15, 0.2) is 0 Å². The predicted octanol–water partition coefficient (Wildman–Crippen LogP) is 1.10. The number of rotatable bonds is 5. The SMILES string of the molecule is CCNc1ncnc(N(C)CCO)c1Br. The average Bonchev–Trinajstić information content (AvgIpc) is 2.22. The van der Waals surface area contributed by atoms with Crippen LogP contribution < -0.4 is 10.2 Å². The van der Waals surface area contributed by atoms with Crippen molar-refractivity contribution >= 4 is 27.6 Å². The molecule has 1 aromatic rings. The number of likely N-dealkylation sites (N-methyl/N-ethyl adjacent to an activating group) is 1. The fourth-order valence-corrected chi connectivity index (χ4v) is 1.82. The van der Waals surface area contributed by atoms with E-state index in [1.165, 1.54) is 6.33 Å². The molecule has 0 atom stereocenters. The molecule has 6 heteroatoms. The monoisotopic (exact) mass is 274 g/mol. The van der Waals surface area contributed by atoms with Gasteiger partial charge in [-0.1, -0.05) is 0 Å². The van der Waals surface area contributed by atoms with Gasteiger partial charge in [0.2, 0.25) is 0 Å². The first-order chi connectivity index (χ1) is 7.20. The Hall–Kier alpha value is -0.880. The zero-order valence-corrected chi connectivity index (χ0v) is 10.5. The standard InChI is InChI=1S/C9H15BrN4O/c1-3-11-8-7(10)9(13-6-12-8)14(2)4-5-15/h6,15H,3-5H2,1-2H3,(H,11,12,13). The third-order valence-electron chi connectivity index (χ3n) is 1.91. The largest absolute Gasteiger partial charge is 0.395 e. The van der Waals surface area contributed by atoms with Crippen molar-refractivity contribution in [1.29, 1.82) is 0 Å². The minimum absolute atomic E-state index is 0.101. The van der Waals surface area contributed by atoms with E-state index >= 15 is 0 Å². The van der Waals surface area contributed by atoms with Crippen LogP contribution >= 0.6 is 15.9 Å². The minimum atomic E-state index is 0.101. The summed E-state index contributed by atoms with van der Waals surface area (Å²) >= 11 is 3.44. The molecule has 0 amide bonds. The number of anilines is 2. The molecule has 1 aromatic heterocycles. The number of aliphatic hydroxyl groups excluding tert-OH is 1. The van der Waals surface area contributed by atoms with Gasteiger partial charge >= 0.3 is 0 Å². The summed E-state index contributed by atoms with van der Waals surface area (Å²) in [6.07, 6.45) is 1.51. The highest BCUT2D eigenvalue weighted by Crippen LogP contribution is 2.28. The molecule has 0 unspecified atom stereocenters. The molecule has 0 aliphatic heterocycles. The van der Waals surface area contributed by atoms with Crippen LogP contribution in [0.2, 0.25) is 0 Å². The maximum absolute atomic E-state index is 8.85. The van der Waals surface area contributed by atoms with Gasteiger partial charge in [0.05, 0.1) is 6.61 Å². The number of halogens is 1. The van der Waals surface area contributed by atoms with Gasteiger partial charge in [0, 0.05) is 20.1 Å². The average molecular weight is 275 g/mol. The van der Waals surface area contributed by atoms with E-state index in [1.54, 1.807) is 0 Å². The zero-order chi connectivity index (χ0) is 11.3. The predicted molar refractivity (Wildman–Crippen MR) is 64.3 cm³/mol. The normalized spacial score (nSPS) is 10.1. The summed E-state index contributed by atoms with van der Waals surface area (Å²) in [5, 5.41) is 12.0. The van der Waals surface area contributed by atoms with Crippen LogP contribution in [-0.2, 0) is 0 Å². The second kappa shape index (κ2) is 5.87. The van der Waals surface area contributed by atoms with E-state index in [0.29, 0.717) is 6.54 Å². The molecule has 0 aliphatic rings. The van der Waals surface area contributed by atoms with Gasteiger partial charge in [-0.2, -0.15) is 0 Å². The van der Waals surface area contributed by atoms with Gasteiger partial charge in [-0.3, -0.25) is 0 Å². The van der Waals surface area contributed by atoms with Crippen molar-refractivity contribution in [3.8, 4) is 0 Å². The van der Waals surface area contributed by atoms with Crippen LogP contribution in [0.3, 0.4) is 0 Å². The Kier molecular flexibility index (Phi) is 4.77. The number of hydrogen-bond donors (Lipinski definition) is 2. The maximum Gasteiger partial charge on any atom is 0.148 e. The Bertz CT molecular complexity index is 321. The summed E-state index contributed by atoms with van der Waals surface area (Å²) in [4.78, 5) is 10.1. The lowest BCUT2D eigenvalue weighted by molar-refractivity contribution is 0.304. The van der Waals surface area contributed by atoms with Crippen molar-refractivity contribution in [3.63, 3.8) is 0 Å². The molecule has 0 spiro atoms. The summed E-state index contributed by atoms with van der Waals surface area (Å²) in [5.41, 5.74) is 0. The van der Waals surface area contributed by atoms with E-state index in [0.717, 1.165) is 22.7 Å². The molecule has 5 nitrogen and oxygen atoms in total. The minimum Gasteiger partial charge on any atom is -0.395 e. The van der Waals surface area contributed by atoms with Crippen LogP contribution in [0, 0.1) is 0 Å². The van der Waals surface area contributed by atoms with E-state index in [4.69, 9.17) is 5.11 Å². The van der Waals surface area contributed by atoms with E-state index in [9.17, 15) is 0 Å². The number of aliphatic hydroxyl groups is 1. The van der Waals surface area contributed by atoms with Crippen molar-refractivity contribution in [1.82, 2.24) is 9.97 Å². The summed E-state index contributed by atoms with van der Waals surface area (Å²) < 4.78 is 0.822. The van der Waals surface area contributed by atoms with Gasteiger partial charge in [0.25, 0.3) is 0 Å². The molecular formula is C9H15BrN4O. The Labute approximate surface area is 97.7 Å². The van der Waals surface area contributed by atoms with Crippen LogP contribution in [0.15, 0.2) is 10.8 Å². The molecule has 0 aromatic carbocycles. The Morgan fingerprint density at radius 3 is 2.87 bits per heavy atom. The molecular weight excluding hydrogens is 260 g/mol. The van der Waals surface area contributed by atoms with E-state index < -0.39 is 0 Å². The summed E-state index contributed by atoms with van der Waals surface area (Å²) in [6.45, 7) is 3.45. The van der Waals surface area contributed by atoms with Gasteiger partial charge < -0.3 is 15.3 Å². The molecule has 84 valence electrons. The highest BCUT2D eigenvalue weighted by molar-refractivity contribution is 9.10. The highest BCUT2D eigenvalue weighted by atomic mass is 79.9. The number of nitrogens with one attached hydrogen (secondary N) is 1. The van der Waals surface area contributed by atoms with Crippen LogP contribution in [0.4, 0.5) is 11.6 Å². The first kappa shape index (κ1) is 12.2. The van der Waals surface area contributed by atoms with Crippen molar-refractivity contribution in [2.24, 2.45) is 0 Å². The number of nitrogens with zero attached hydrogens (tertiary/aromatic N) is 3. The summed E-state index contributed by atoms with van der Waals surface area (Å²) in [6, 6.07) is 0. The van der Waals surface area contributed by atoms with Gasteiger partial charge in [-0.25, -0.2) is 9.97 Å². The van der Waals surface area contributed by atoms with E-state index in [2.05, 4.69) is 31.2 Å². The number of aromatic nitrogens is 2. The fourth-order valence-electron chi connectivity index (χ4n) is 1.17. The Balaban J connectivity index is 2.92. The molecule has 0 aliphatic carbocycles. The molecule has 0 radical (unpaired) electrons. The van der Waals surface area contributed by atoms with Gasteiger partial charge in [-0.05, 0) is 22.9 Å². The van der Waals surface area contributed by atoms with Crippen LogP contribution in [-0.4, -0.2) is 41.8 Å². The van der Waals surface area contributed by atoms with Crippen molar-refractivity contribution in [2.45, 2.75) is 6.92 Å². The first-order valence-corrected chi connectivity index (χ1v) is 5.56. The molecule has 0 saturated carbocycles. The smallest absolute Gasteiger partial charge is 0.148 e. The molecule has 2 N–H and O–H groups in total. The molecule has 1 heterocycles. The molecule has 0 fully saturated rings.